The molecule has 5 aromatic rings. The second kappa shape index (κ2) is 14.0. The number of carbonyl (C=O) groups is 2. The minimum Gasteiger partial charge on any atom is -0.497 e. The number of benzene rings is 3. The van der Waals surface area contributed by atoms with Crippen LogP contribution in [0.3, 0.4) is 0 Å². The van der Waals surface area contributed by atoms with Gasteiger partial charge in [-0.3, -0.25) is 14.2 Å². The predicted molar refractivity (Wildman–Crippen MR) is 174 cm³/mol. The van der Waals surface area contributed by atoms with Crippen LogP contribution in [0.2, 0.25) is 0 Å². The highest BCUT2D eigenvalue weighted by Gasteiger charge is 2.34. The Hall–Kier alpha value is -5.01. The van der Waals surface area contributed by atoms with Crippen LogP contribution in [0.15, 0.2) is 101 Å². The molecule has 0 aliphatic carbocycles. The van der Waals surface area contributed by atoms with Crippen molar-refractivity contribution in [2.45, 2.75) is 24.2 Å². The van der Waals surface area contributed by atoms with Gasteiger partial charge in [0.2, 0.25) is 0 Å². The summed E-state index contributed by atoms with van der Waals surface area (Å²) in [5, 5.41) is 20.1. The third-order valence-corrected chi connectivity index (χ3v) is 9.18. The molecule has 0 spiro atoms. The second-order valence-corrected chi connectivity index (χ2v) is 12.0. The van der Waals surface area contributed by atoms with Crippen molar-refractivity contribution >= 4 is 40.6 Å². The van der Waals surface area contributed by atoms with Crippen molar-refractivity contribution in [2.75, 3.05) is 20.0 Å². The van der Waals surface area contributed by atoms with Crippen molar-refractivity contribution in [2.24, 2.45) is 5.10 Å². The topological polar surface area (TPSA) is 111 Å². The van der Waals surface area contributed by atoms with Gasteiger partial charge in [-0.1, -0.05) is 54.2 Å². The van der Waals surface area contributed by atoms with Crippen molar-refractivity contribution in [3.8, 4) is 17.2 Å². The predicted octanol–water partition coefficient (Wildman–Crippen LogP) is 5.89. The van der Waals surface area contributed by atoms with Crippen LogP contribution in [0, 0.1) is 5.82 Å². The number of carbonyl (C=O) groups excluding carboxylic acids is 2. The number of para-hydroxylation sites is 2. The Balaban J connectivity index is 1.26. The molecule has 2 amide bonds. The van der Waals surface area contributed by atoms with Gasteiger partial charge in [-0.05, 0) is 53.4 Å². The van der Waals surface area contributed by atoms with Crippen LogP contribution in [0.25, 0.3) is 5.69 Å². The van der Waals surface area contributed by atoms with Gasteiger partial charge in [0.05, 0.1) is 54.4 Å². The summed E-state index contributed by atoms with van der Waals surface area (Å²) in [6.45, 7) is -0.0488. The Morgan fingerprint density at radius 2 is 1.76 bits per heavy atom. The summed E-state index contributed by atoms with van der Waals surface area (Å²) in [4.78, 5) is 27.6. The molecular formula is C33H29FN6O4S2. The highest BCUT2D eigenvalue weighted by molar-refractivity contribution is 7.99. The van der Waals surface area contributed by atoms with Gasteiger partial charge in [-0.25, -0.2) is 9.40 Å². The van der Waals surface area contributed by atoms with E-state index in [9.17, 15) is 14.0 Å². The molecule has 1 atom stereocenters. The van der Waals surface area contributed by atoms with E-state index in [1.165, 1.54) is 30.0 Å². The molecule has 6 rings (SSSR count). The van der Waals surface area contributed by atoms with Crippen LogP contribution in [-0.2, 0) is 11.3 Å². The first-order valence-electron chi connectivity index (χ1n) is 14.3. The Kier molecular flexibility index (Phi) is 9.41. The number of nitrogens with one attached hydrogen (secondary N) is 1. The van der Waals surface area contributed by atoms with Crippen LogP contribution in [0.5, 0.6) is 11.5 Å². The number of hydrogen-bond acceptors (Lipinski definition) is 9. The van der Waals surface area contributed by atoms with Gasteiger partial charge >= 0.3 is 0 Å². The molecule has 0 bridgehead atoms. The zero-order valence-corrected chi connectivity index (χ0v) is 26.6. The summed E-state index contributed by atoms with van der Waals surface area (Å²) >= 11 is 2.78. The van der Waals surface area contributed by atoms with Gasteiger partial charge in [0.15, 0.2) is 11.0 Å². The lowest BCUT2D eigenvalue weighted by Crippen LogP contribution is -2.28. The average Bonchev–Trinajstić information content (AvgIpc) is 3.87. The molecule has 1 N–H and O–H groups in total. The Labute approximate surface area is 272 Å². The third-order valence-electron chi connectivity index (χ3n) is 7.35. The van der Waals surface area contributed by atoms with Crippen molar-refractivity contribution in [1.82, 2.24) is 25.1 Å². The van der Waals surface area contributed by atoms with E-state index < -0.39 is 11.7 Å². The largest absolute Gasteiger partial charge is 0.497 e. The Morgan fingerprint density at radius 3 is 2.50 bits per heavy atom. The van der Waals surface area contributed by atoms with E-state index in [0.29, 0.717) is 28.8 Å². The van der Waals surface area contributed by atoms with Crippen molar-refractivity contribution in [3.63, 3.8) is 0 Å². The van der Waals surface area contributed by atoms with Crippen molar-refractivity contribution in [3.05, 3.63) is 118 Å². The van der Waals surface area contributed by atoms with Gasteiger partial charge in [0.25, 0.3) is 11.8 Å². The molecule has 0 radical (unpaired) electrons. The van der Waals surface area contributed by atoms with E-state index in [2.05, 4.69) is 15.5 Å². The normalized spacial score (nSPS) is 14.2. The maximum absolute atomic E-state index is 14.2. The minimum absolute atomic E-state index is 0.0166. The number of aromatic nitrogens is 3. The van der Waals surface area contributed by atoms with Gasteiger partial charge in [0, 0.05) is 6.42 Å². The van der Waals surface area contributed by atoms with Gasteiger partial charge in [-0.15, -0.1) is 21.5 Å². The SMILES string of the molecule is COc1ccc(C2CC(c3cccs3)=NN2C(=O)CSc2nnc(CNC(=O)c3ccccc3F)n2-c2ccccc2OC)cc1. The quantitative estimate of drug-likeness (QED) is 0.177. The number of thiophene rings is 1. The summed E-state index contributed by atoms with van der Waals surface area (Å²) in [5.41, 5.74) is 2.33. The molecule has 3 heterocycles. The van der Waals surface area contributed by atoms with Crippen molar-refractivity contribution in [1.29, 1.82) is 0 Å². The molecule has 0 saturated heterocycles. The van der Waals surface area contributed by atoms with Crippen LogP contribution in [-0.4, -0.2) is 57.3 Å². The number of thioether (sulfide) groups is 1. The molecule has 3 aromatic carbocycles. The lowest BCUT2D eigenvalue weighted by Gasteiger charge is -2.22. The molecule has 13 heteroatoms. The smallest absolute Gasteiger partial charge is 0.254 e. The second-order valence-electron chi connectivity index (χ2n) is 10.1. The first kappa shape index (κ1) is 31.0. The number of ether oxygens (including phenoxy) is 2. The van der Waals surface area contributed by atoms with E-state index in [1.54, 1.807) is 47.3 Å². The molecule has 1 aliphatic rings. The van der Waals surface area contributed by atoms with E-state index in [4.69, 9.17) is 14.6 Å². The minimum atomic E-state index is -0.624. The fourth-order valence-corrected chi connectivity index (χ4v) is 6.61. The number of halogens is 1. The summed E-state index contributed by atoms with van der Waals surface area (Å²) in [6, 6.07) is 24.4. The first-order chi connectivity index (χ1) is 22.5. The highest BCUT2D eigenvalue weighted by Crippen LogP contribution is 2.36. The molecule has 1 unspecified atom stereocenters. The van der Waals surface area contributed by atoms with Crippen LogP contribution < -0.4 is 14.8 Å². The number of hydrazone groups is 1. The molecule has 2 aromatic heterocycles. The van der Waals surface area contributed by atoms with E-state index in [0.717, 1.165) is 21.9 Å². The molecule has 0 saturated carbocycles. The molecule has 1 aliphatic heterocycles. The number of nitrogens with zero attached hydrogens (tertiary/aromatic N) is 5. The highest BCUT2D eigenvalue weighted by atomic mass is 32.2. The monoisotopic (exact) mass is 656 g/mol. The molecule has 10 nitrogen and oxygen atoms in total. The first-order valence-corrected chi connectivity index (χ1v) is 16.1. The van der Waals surface area contributed by atoms with Crippen LogP contribution >= 0.6 is 23.1 Å². The zero-order chi connectivity index (χ0) is 32.0. The van der Waals surface area contributed by atoms with E-state index in [1.807, 2.05) is 60.0 Å². The van der Waals surface area contributed by atoms with Crippen LogP contribution in [0.1, 0.15) is 39.1 Å². The molecule has 46 heavy (non-hydrogen) atoms. The lowest BCUT2D eigenvalue weighted by molar-refractivity contribution is -0.130. The number of rotatable bonds is 11. The summed E-state index contributed by atoms with van der Waals surface area (Å²) < 4.78 is 26.9. The number of hydrogen-bond donors (Lipinski definition) is 1. The zero-order valence-electron chi connectivity index (χ0n) is 24.9. The Morgan fingerprint density at radius 1 is 0.978 bits per heavy atom. The third kappa shape index (κ3) is 6.51. The average molecular weight is 657 g/mol. The van der Waals surface area contributed by atoms with Crippen molar-refractivity contribution < 1.29 is 23.5 Å². The number of amides is 2. The molecule has 234 valence electrons. The molecular weight excluding hydrogens is 628 g/mol. The fraction of sp³-hybridized carbons (Fsp3) is 0.182. The van der Waals surface area contributed by atoms with Gasteiger partial charge in [0.1, 0.15) is 17.3 Å². The van der Waals surface area contributed by atoms with Gasteiger partial charge < -0.3 is 14.8 Å². The lowest BCUT2D eigenvalue weighted by atomic mass is 10.0. The number of methoxy groups -OCH3 is 2. The summed E-state index contributed by atoms with van der Waals surface area (Å²) in [7, 11) is 3.16. The maximum Gasteiger partial charge on any atom is 0.254 e. The van der Waals surface area contributed by atoms with E-state index >= 15 is 0 Å². The molecule has 0 fully saturated rings. The summed E-state index contributed by atoms with van der Waals surface area (Å²) in [6.07, 6.45) is 0.576. The van der Waals surface area contributed by atoms with Gasteiger partial charge in [-0.2, -0.15) is 5.10 Å². The fourth-order valence-electron chi connectivity index (χ4n) is 5.07. The maximum atomic E-state index is 14.2. The standard InChI is InChI=1S/C33H29FN6O4S2/c1-43-22-15-13-21(14-16-22)27-18-25(29-12-7-17-45-29)38-40(27)31(41)20-46-33-37-36-30(39(33)26-10-5-6-11-28(26)44-2)19-35-32(42)23-8-3-4-9-24(23)34/h3-17,27H,18-20H2,1-2H3,(H,35,42). The summed E-state index contributed by atoms with van der Waals surface area (Å²) in [5.74, 6) is 0.243. The Bertz CT molecular complexity index is 1880. The van der Waals surface area contributed by atoms with Crippen LogP contribution in [0.4, 0.5) is 4.39 Å². The van der Waals surface area contributed by atoms with E-state index in [-0.39, 0.29) is 29.8 Å².